The van der Waals surface area contributed by atoms with Crippen molar-refractivity contribution in [3.05, 3.63) is 0 Å². The highest BCUT2D eigenvalue weighted by atomic mass is 15.3. The van der Waals surface area contributed by atoms with Crippen LogP contribution in [0.2, 0.25) is 0 Å². The monoisotopic (exact) mass is 98.1 g/mol. The maximum absolute atomic E-state index is 3.33. The molecule has 0 amide bonds. The molecule has 1 N–H and O–H groups in total. The van der Waals surface area contributed by atoms with Crippen molar-refractivity contribution in [2.75, 3.05) is 26.2 Å². The number of piperazine rings is 1. The second-order valence-electron chi connectivity index (χ2n) is 2.35. The second kappa shape index (κ2) is 1.20. The maximum atomic E-state index is 3.33. The van der Waals surface area contributed by atoms with Gasteiger partial charge in [0.2, 0.25) is 0 Å². The highest BCUT2D eigenvalue weighted by Crippen LogP contribution is 2.16. The molecule has 0 aromatic carbocycles. The third-order valence-corrected chi connectivity index (χ3v) is 1.78. The Kier molecular flexibility index (Phi) is 0.664. The first-order valence-electron chi connectivity index (χ1n) is 2.91. The molecule has 2 nitrogen and oxygen atoms in total. The molecule has 7 heavy (non-hydrogen) atoms. The predicted molar refractivity (Wildman–Crippen MR) is 28.2 cm³/mol. The van der Waals surface area contributed by atoms with Crippen LogP contribution >= 0.6 is 0 Å². The fourth-order valence-electron chi connectivity index (χ4n) is 1.18. The lowest BCUT2D eigenvalue weighted by Gasteiger charge is -2.10. The highest BCUT2D eigenvalue weighted by Gasteiger charge is 2.34. The largest absolute Gasteiger partial charge is 0.314 e. The van der Waals surface area contributed by atoms with Crippen molar-refractivity contribution in [3.63, 3.8) is 0 Å². The zero-order chi connectivity index (χ0) is 4.69. The van der Waals surface area contributed by atoms with Crippen molar-refractivity contribution in [1.29, 1.82) is 0 Å². The SMILES string of the molecule is C1CN2C[C@@H]2CN1. The molecule has 2 heteroatoms. The summed E-state index contributed by atoms with van der Waals surface area (Å²) >= 11 is 0. The summed E-state index contributed by atoms with van der Waals surface area (Å²) in [4.78, 5) is 2.50. The molecule has 0 aromatic heterocycles. The van der Waals surface area contributed by atoms with Gasteiger partial charge in [0.1, 0.15) is 0 Å². The Balaban J connectivity index is 1.95. The van der Waals surface area contributed by atoms with Gasteiger partial charge < -0.3 is 5.32 Å². The molecule has 0 spiro atoms. The molecule has 2 rings (SSSR count). The number of rotatable bonds is 0. The van der Waals surface area contributed by atoms with E-state index >= 15 is 0 Å². The maximum Gasteiger partial charge on any atom is 0.0349 e. The van der Waals surface area contributed by atoms with E-state index in [2.05, 4.69) is 10.2 Å². The van der Waals surface area contributed by atoms with E-state index in [0.717, 1.165) is 6.04 Å². The van der Waals surface area contributed by atoms with Gasteiger partial charge in [0.05, 0.1) is 0 Å². The Morgan fingerprint density at radius 1 is 1.57 bits per heavy atom. The van der Waals surface area contributed by atoms with E-state index in [-0.39, 0.29) is 0 Å². The van der Waals surface area contributed by atoms with Gasteiger partial charge >= 0.3 is 0 Å². The minimum Gasteiger partial charge on any atom is -0.314 e. The Labute approximate surface area is 43.5 Å². The number of nitrogens with zero attached hydrogens (tertiary/aromatic N) is 1. The van der Waals surface area contributed by atoms with E-state index in [1.54, 1.807) is 0 Å². The van der Waals surface area contributed by atoms with Crippen LogP contribution in [0.1, 0.15) is 0 Å². The molecule has 0 aromatic rings. The van der Waals surface area contributed by atoms with Gasteiger partial charge in [-0.05, 0) is 0 Å². The van der Waals surface area contributed by atoms with Gasteiger partial charge in [0.15, 0.2) is 0 Å². The summed E-state index contributed by atoms with van der Waals surface area (Å²) in [5, 5.41) is 3.33. The number of nitrogens with one attached hydrogen (secondary N) is 1. The van der Waals surface area contributed by atoms with E-state index in [0.29, 0.717) is 0 Å². The Morgan fingerprint density at radius 2 is 2.57 bits per heavy atom. The molecule has 2 atom stereocenters. The second-order valence-corrected chi connectivity index (χ2v) is 2.35. The van der Waals surface area contributed by atoms with Gasteiger partial charge in [-0.2, -0.15) is 0 Å². The summed E-state index contributed by atoms with van der Waals surface area (Å²) in [6.07, 6.45) is 0. The number of fused-ring (bicyclic) bond motifs is 1. The first kappa shape index (κ1) is 3.87. The fourth-order valence-corrected chi connectivity index (χ4v) is 1.18. The van der Waals surface area contributed by atoms with Crippen molar-refractivity contribution in [1.82, 2.24) is 10.2 Å². The average Bonchev–Trinajstić information content (AvgIpc) is 2.41. The first-order valence-corrected chi connectivity index (χ1v) is 2.91. The van der Waals surface area contributed by atoms with Crippen LogP contribution in [0.15, 0.2) is 0 Å². The normalized spacial score (nSPS) is 48.0. The highest BCUT2D eigenvalue weighted by molar-refractivity contribution is 4.94. The molecule has 0 radical (unpaired) electrons. The summed E-state index contributed by atoms with van der Waals surface area (Å²) in [5.41, 5.74) is 0. The molecular weight excluding hydrogens is 88.1 g/mol. The van der Waals surface area contributed by atoms with Crippen LogP contribution in [0.25, 0.3) is 0 Å². The molecule has 1 unspecified atom stereocenters. The van der Waals surface area contributed by atoms with Crippen molar-refractivity contribution >= 4 is 0 Å². The number of hydrogen-bond acceptors (Lipinski definition) is 2. The molecule has 2 aliphatic heterocycles. The lowest BCUT2D eigenvalue weighted by molar-refractivity contribution is 0.425. The third kappa shape index (κ3) is 0.545. The van der Waals surface area contributed by atoms with E-state index in [1.807, 2.05) is 0 Å². The van der Waals surface area contributed by atoms with Crippen LogP contribution in [-0.2, 0) is 0 Å². The molecule has 0 bridgehead atoms. The van der Waals surface area contributed by atoms with Crippen molar-refractivity contribution in [2.45, 2.75) is 6.04 Å². The average molecular weight is 98.1 g/mol. The van der Waals surface area contributed by atoms with Gasteiger partial charge in [-0.1, -0.05) is 0 Å². The lowest BCUT2D eigenvalue weighted by Crippen LogP contribution is -2.33. The molecular formula is C5H10N2. The van der Waals surface area contributed by atoms with Crippen molar-refractivity contribution in [2.24, 2.45) is 0 Å². The zero-order valence-electron chi connectivity index (χ0n) is 4.35. The summed E-state index contributed by atoms with van der Waals surface area (Å²) < 4.78 is 0. The van der Waals surface area contributed by atoms with E-state index in [9.17, 15) is 0 Å². The lowest BCUT2D eigenvalue weighted by atomic mass is 10.4. The minimum absolute atomic E-state index is 0.925. The van der Waals surface area contributed by atoms with Crippen LogP contribution in [0.4, 0.5) is 0 Å². The predicted octanol–water partition coefficient (Wildman–Crippen LogP) is -0.726. The first-order chi connectivity index (χ1) is 3.47. The Bertz CT molecular complexity index is 72.1. The van der Waals surface area contributed by atoms with Crippen LogP contribution < -0.4 is 5.32 Å². The molecule has 40 valence electrons. The van der Waals surface area contributed by atoms with Crippen LogP contribution in [0.3, 0.4) is 0 Å². The topological polar surface area (TPSA) is 15.0 Å². The van der Waals surface area contributed by atoms with Crippen molar-refractivity contribution < 1.29 is 0 Å². The Hall–Kier alpha value is -0.0800. The standard InChI is InChI=1S/C5H10N2/c1-2-7-4-5(7)3-6-1/h5-6H,1-4H2/t5-,7?/m0/s1. The van der Waals surface area contributed by atoms with Crippen LogP contribution in [-0.4, -0.2) is 37.1 Å². The molecule has 0 saturated carbocycles. The third-order valence-electron chi connectivity index (χ3n) is 1.78. The molecule has 2 fully saturated rings. The minimum atomic E-state index is 0.925. The van der Waals surface area contributed by atoms with Gasteiger partial charge in [0.25, 0.3) is 0 Å². The van der Waals surface area contributed by atoms with Crippen LogP contribution in [0.5, 0.6) is 0 Å². The number of hydrogen-bond donors (Lipinski definition) is 1. The fraction of sp³-hybridized carbons (Fsp3) is 1.00. The summed E-state index contributed by atoms with van der Waals surface area (Å²) in [6.45, 7) is 5.08. The Morgan fingerprint density at radius 3 is 3.14 bits per heavy atom. The van der Waals surface area contributed by atoms with Gasteiger partial charge in [0, 0.05) is 32.2 Å². The smallest absolute Gasteiger partial charge is 0.0349 e. The zero-order valence-corrected chi connectivity index (χ0v) is 4.35. The summed E-state index contributed by atoms with van der Waals surface area (Å²) in [5.74, 6) is 0. The van der Waals surface area contributed by atoms with Crippen LogP contribution in [0, 0.1) is 0 Å². The molecule has 2 aliphatic rings. The van der Waals surface area contributed by atoms with E-state index in [1.165, 1.54) is 26.2 Å². The summed E-state index contributed by atoms with van der Waals surface area (Å²) in [7, 11) is 0. The van der Waals surface area contributed by atoms with Gasteiger partial charge in [-0.3, -0.25) is 4.90 Å². The van der Waals surface area contributed by atoms with Gasteiger partial charge in [-0.25, -0.2) is 0 Å². The van der Waals surface area contributed by atoms with Crippen molar-refractivity contribution in [3.8, 4) is 0 Å². The molecule has 2 heterocycles. The summed E-state index contributed by atoms with van der Waals surface area (Å²) in [6, 6.07) is 0.925. The van der Waals surface area contributed by atoms with E-state index in [4.69, 9.17) is 0 Å². The molecule has 0 aliphatic carbocycles. The molecule has 2 saturated heterocycles. The quantitative estimate of drug-likeness (QED) is 0.402. The van der Waals surface area contributed by atoms with E-state index < -0.39 is 0 Å². The van der Waals surface area contributed by atoms with Gasteiger partial charge in [-0.15, -0.1) is 0 Å².